The Kier molecular flexibility index (Phi) is 7.99. The largest absolute Gasteiger partial charge is 0.401 e. The lowest BCUT2D eigenvalue weighted by molar-refractivity contribution is -0.148. The van der Waals surface area contributed by atoms with Crippen molar-refractivity contribution in [2.24, 2.45) is 16.8 Å². The van der Waals surface area contributed by atoms with Crippen molar-refractivity contribution in [3.05, 3.63) is 35.2 Å². The molecule has 14 heteroatoms. The van der Waals surface area contributed by atoms with Gasteiger partial charge in [0.15, 0.2) is 0 Å². The van der Waals surface area contributed by atoms with Gasteiger partial charge in [-0.05, 0) is 63.3 Å². The smallest absolute Gasteiger partial charge is 0.354 e. The number of halogens is 6. The number of sulfonamides is 1. The van der Waals surface area contributed by atoms with Gasteiger partial charge in [0.25, 0.3) is 0 Å². The first kappa shape index (κ1) is 29.3. The minimum Gasteiger partial charge on any atom is -0.354 e. The average molecular weight is 595 g/mol. The van der Waals surface area contributed by atoms with Crippen molar-refractivity contribution in [3.8, 4) is 0 Å². The van der Waals surface area contributed by atoms with Crippen LogP contribution in [0.1, 0.15) is 44.9 Å². The van der Waals surface area contributed by atoms with Crippen molar-refractivity contribution in [3.63, 3.8) is 0 Å². The van der Waals surface area contributed by atoms with Gasteiger partial charge < -0.3 is 5.32 Å². The number of hydrogen-bond donors (Lipinski definition) is 1. The highest BCUT2D eigenvalue weighted by molar-refractivity contribution is 7.93. The lowest BCUT2D eigenvalue weighted by Gasteiger charge is -2.34. The third kappa shape index (κ3) is 5.89. The highest BCUT2D eigenvalue weighted by atomic mass is 32.2. The minimum absolute atomic E-state index is 0.106. The fourth-order valence-corrected chi connectivity index (χ4v) is 8.31. The first-order chi connectivity index (χ1) is 18.8. The maximum Gasteiger partial charge on any atom is 0.401 e. The molecule has 4 atom stereocenters. The molecule has 0 aromatic heterocycles. The summed E-state index contributed by atoms with van der Waals surface area (Å²) in [4.78, 5) is 18.6. The normalized spacial score (nSPS) is 31.6. The van der Waals surface area contributed by atoms with Crippen LogP contribution in [0, 0.1) is 11.8 Å². The molecule has 5 rings (SSSR count). The van der Waals surface area contributed by atoms with Gasteiger partial charge >= 0.3 is 6.18 Å². The molecule has 40 heavy (non-hydrogen) atoms. The van der Waals surface area contributed by atoms with Crippen LogP contribution in [0.5, 0.6) is 0 Å². The van der Waals surface area contributed by atoms with E-state index in [1.807, 2.05) is 0 Å². The van der Waals surface area contributed by atoms with Gasteiger partial charge in [0, 0.05) is 31.0 Å². The summed E-state index contributed by atoms with van der Waals surface area (Å²) >= 11 is 0. The molecule has 3 heterocycles. The molecule has 0 radical (unpaired) electrons. The molecule has 2 unspecified atom stereocenters. The van der Waals surface area contributed by atoms with E-state index in [2.05, 4.69) is 10.3 Å². The minimum atomic E-state index is -4.29. The first-order valence-electron chi connectivity index (χ1n) is 13.5. The second kappa shape index (κ2) is 10.9. The molecular weight excluding hydrogens is 562 g/mol. The summed E-state index contributed by atoms with van der Waals surface area (Å²) < 4.78 is 109. The number of carbonyl (C=O) groups excluding carboxylic acids is 1. The third-order valence-electron chi connectivity index (χ3n) is 8.55. The quantitative estimate of drug-likeness (QED) is 0.450. The van der Waals surface area contributed by atoms with E-state index >= 15 is 4.39 Å². The van der Waals surface area contributed by atoms with Gasteiger partial charge in [0.05, 0.1) is 23.2 Å². The van der Waals surface area contributed by atoms with E-state index in [9.17, 15) is 35.2 Å². The molecule has 2 saturated heterocycles. The zero-order valence-electron chi connectivity index (χ0n) is 21.7. The zero-order chi connectivity index (χ0) is 28.9. The maximum atomic E-state index is 15.1. The fourth-order valence-electron chi connectivity index (χ4n) is 6.23. The highest BCUT2D eigenvalue weighted by Crippen LogP contribution is 2.55. The van der Waals surface area contributed by atoms with Gasteiger partial charge in [-0.25, -0.2) is 21.6 Å². The summed E-state index contributed by atoms with van der Waals surface area (Å²) in [6, 6.07) is -1.33. The zero-order valence-corrected chi connectivity index (χ0v) is 22.5. The molecule has 0 bridgehead atoms. The predicted molar refractivity (Wildman–Crippen MR) is 136 cm³/mol. The number of allylic oxidation sites excluding steroid dienone is 3. The number of amides is 1. The molecule has 0 aromatic rings. The lowest BCUT2D eigenvalue weighted by atomic mass is 9.85. The van der Waals surface area contributed by atoms with E-state index in [4.69, 9.17) is 0 Å². The molecule has 3 aliphatic heterocycles. The van der Waals surface area contributed by atoms with Crippen LogP contribution in [-0.2, 0) is 14.8 Å². The monoisotopic (exact) mass is 594 g/mol. The molecule has 1 amide bonds. The van der Waals surface area contributed by atoms with Crippen molar-refractivity contribution >= 4 is 21.6 Å². The molecule has 7 nitrogen and oxygen atoms in total. The number of piperidine rings is 1. The summed E-state index contributed by atoms with van der Waals surface area (Å²) in [7, 11) is -4.29. The number of hydrogen-bond acceptors (Lipinski definition) is 5. The number of rotatable bonds is 7. The van der Waals surface area contributed by atoms with Crippen molar-refractivity contribution in [1.82, 2.24) is 14.5 Å². The summed E-state index contributed by atoms with van der Waals surface area (Å²) in [5, 5.41) is 2.60. The van der Waals surface area contributed by atoms with Gasteiger partial charge in [0.2, 0.25) is 15.9 Å². The third-order valence-corrected chi connectivity index (χ3v) is 10.6. The number of aliphatic imine (C=N–C) groups is 1. The molecule has 1 saturated carbocycles. The molecule has 2 aliphatic carbocycles. The standard InChI is InChI=1S/C26H32F6N4O3S/c27-18-1-3-19(4-2-18)40(38,39)36-22(12-23(29)25(36)7-8-25)24(37)34-13-17-11-21(33-14-20(17)28)16-5-9-35(10-6-16)15-26(30,31)32/h1,3-4,14,16-18,22-23H,2,5-13,15H2,(H,34,37)/t17?,18?,22-,23+/m0/s1. The van der Waals surface area contributed by atoms with Crippen LogP contribution in [0.15, 0.2) is 40.2 Å². The number of likely N-dealkylation sites (tertiary alicyclic amines) is 1. The molecule has 0 aromatic carbocycles. The van der Waals surface area contributed by atoms with Crippen LogP contribution in [0.25, 0.3) is 0 Å². The predicted octanol–water partition coefficient (Wildman–Crippen LogP) is 4.11. The van der Waals surface area contributed by atoms with Crippen molar-refractivity contribution in [1.29, 1.82) is 0 Å². The summed E-state index contributed by atoms with van der Waals surface area (Å²) in [6.45, 7) is -0.666. The van der Waals surface area contributed by atoms with Crippen LogP contribution in [0.3, 0.4) is 0 Å². The Morgan fingerprint density at radius 2 is 1.88 bits per heavy atom. The number of alkyl halides is 5. The average Bonchev–Trinajstić information content (AvgIpc) is 3.62. The van der Waals surface area contributed by atoms with Gasteiger partial charge in [-0.3, -0.25) is 14.7 Å². The maximum absolute atomic E-state index is 15.1. The van der Waals surface area contributed by atoms with E-state index in [0.29, 0.717) is 18.6 Å². The first-order valence-corrected chi connectivity index (χ1v) is 14.9. The summed E-state index contributed by atoms with van der Waals surface area (Å²) in [6.07, 6.45) is -1.49. The highest BCUT2D eigenvalue weighted by Gasteiger charge is 2.67. The van der Waals surface area contributed by atoms with Gasteiger partial charge in [-0.15, -0.1) is 0 Å². The van der Waals surface area contributed by atoms with Gasteiger partial charge in [-0.2, -0.15) is 17.5 Å². The molecule has 5 aliphatic rings. The van der Waals surface area contributed by atoms with Crippen molar-refractivity contribution in [2.45, 2.75) is 75.0 Å². The van der Waals surface area contributed by atoms with Crippen molar-refractivity contribution in [2.75, 3.05) is 26.2 Å². The molecular formula is C26H32F6N4O3S. The number of carbonyl (C=O) groups is 1. The Bertz CT molecular complexity index is 1240. The second-order valence-corrected chi connectivity index (χ2v) is 13.1. The van der Waals surface area contributed by atoms with Crippen LogP contribution in [0.4, 0.5) is 26.3 Å². The molecule has 3 fully saturated rings. The van der Waals surface area contributed by atoms with Crippen molar-refractivity contribution < 1.29 is 39.6 Å². The van der Waals surface area contributed by atoms with E-state index < -0.39 is 64.3 Å². The second-order valence-electron chi connectivity index (χ2n) is 11.3. The summed E-state index contributed by atoms with van der Waals surface area (Å²) in [5.41, 5.74) is -0.654. The van der Waals surface area contributed by atoms with E-state index in [0.717, 1.165) is 22.7 Å². The molecule has 222 valence electrons. The van der Waals surface area contributed by atoms with Crippen LogP contribution in [0.2, 0.25) is 0 Å². The molecule has 1 spiro atoms. The van der Waals surface area contributed by atoms with E-state index in [1.165, 1.54) is 11.0 Å². The summed E-state index contributed by atoms with van der Waals surface area (Å²) in [5.74, 6) is -2.20. The Balaban J connectivity index is 1.21. The topological polar surface area (TPSA) is 82.1 Å². The fraction of sp³-hybridized carbons (Fsp3) is 0.692. The number of nitrogens with zero attached hydrogens (tertiary/aromatic N) is 3. The lowest BCUT2D eigenvalue weighted by Crippen LogP contribution is -2.51. The Morgan fingerprint density at radius 3 is 2.48 bits per heavy atom. The number of nitrogens with one attached hydrogen (secondary N) is 1. The van der Waals surface area contributed by atoms with Gasteiger partial charge in [0.1, 0.15) is 24.2 Å². The molecule has 1 N–H and O–H groups in total. The van der Waals surface area contributed by atoms with E-state index in [1.54, 1.807) is 0 Å². The van der Waals surface area contributed by atoms with Crippen LogP contribution < -0.4 is 5.32 Å². The van der Waals surface area contributed by atoms with Crippen LogP contribution in [-0.4, -0.2) is 85.5 Å². The van der Waals surface area contributed by atoms with Crippen LogP contribution >= 0.6 is 0 Å². The van der Waals surface area contributed by atoms with E-state index in [-0.39, 0.29) is 62.6 Å². The SMILES string of the molecule is O=C(NCC1CC(C2CCN(CC(F)(F)F)CC2)=NC=C1F)[C@@H]1C[C@@H](F)C2(CC2)N1S(=O)(=O)C1=CCC(F)C=C1. The Hall–Kier alpha value is -2.19. The Labute approximate surface area is 229 Å². The van der Waals surface area contributed by atoms with Gasteiger partial charge in [-0.1, -0.05) is 6.08 Å². The Morgan fingerprint density at radius 1 is 1.18 bits per heavy atom.